The molecule has 0 saturated heterocycles. The predicted molar refractivity (Wildman–Crippen MR) is 84.6 cm³/mol. The van der Waals surface area contributed by atoms with Gasteiger partial charge in [0.15, 0.2) is 0 Å². The molecule has 6 nitrogen and oxygen atoms in total. The molecule has 0 aliphatic rings. The Morgan fingerprint density at radius 2 is 2.10 bits per heavy atom. The minimum atomic E-state index is 0.418. The highest BCUT2D eigenvalue weighted by Crippen LogP contribution is 2.26. The van der Waals surface area contributed by atoms with Crippen molar-refractivity contribution in [2.45, 2.75) is 6.92 Å². The third-order valence-corrected chi connectivity index (χ3v) is 3.60. The number of aromatic nitrogens is 4. The van der Waals surface area contributed by atoms with Crippen LogP contribution in [-0.4, -0.2) is 33.7 Å². The first-order valence-electron chi connectivity index (χ1n) is 6.46. The minimum Gasteiger partial charge on any atom is -0.378 e. The first-order chi connectivity index (χ1) is 10.1. The highest BCUT2D eigenvalue weighted by atomic mass is 35.5. The Kier molecular flexibility index (Phi) is 3.39. The molecular weight excluding hydrogens is 288 g/mol. The molecule has 0 unspecified atom stereocenters. The number of anilines is 3. The summed E-state index contributed by atoms with van der Waals surface area (Å²) < 4.78 is 1.64. The molecule has 0 radical (unpaired) electrons. The van der Waals surface area contributed by atoms with Crippen molar-refractivity contribution >= 4 is 34.6 Å². The standard InChI is InChI=1S/C14H15ClN6/c1-9-12(15)19-14-16-8-17-21(14)13(9)18-10-5-4-6-11(7-10)20(2)3/h4-8,18H,1-3H3. The highest BCUT2D eigenvalue weighted by molar-refractivity contribution is 6.30. The van der Waals surface area contributed by atoms with Crippen LogP contribution in [0.25, 0.3) is 5.78 Å². The van der Waals surface area contributed by atoms with Crippen LogP contribution in [0.1, 0.15) is 5.56 Å². The second-order valence-corrected chi connectivity index (χ2v) is 5.28. The zero-order valence-corrected chi connectivity index (χ0v) is 12.8. The number of hydrogen-bond acceptors (Lipinski definition) is 5. The van der Waals surface area contributed by atoms with Gasteiger partial charge in [-0.25, -0.2) is 0 Å². The van der Waals surface area contributed by atoms with Gasteiger partial charge in [-0.1, -0.05) is 17.7 Å². The summed E-state index contributed by atoms with van der Waals surface area (Å²) >= 11 is 6.16. The Labute approximate surface area is 127 Å². The van der Waals surface area contributed by atoms with Gasteiger partial charge in [0.1, 0.15) is 17.3 Å². The Balaban J connectivity index is 2.07. The lowest BCUT2D eigenvalue weighted by molar-refractivity contribution is 0.936. The number of rotatable bonds is 3. The van der Waals surface area contributed by atoms with E-state index >= 15 is 0 Å². The van der Waals surface area contributed by atoms with E-state index in [1.165, 1.54) is 6.33 Å². The molecule has 0 amide bonds. The molecule has 21 heavy (non-hydrogen) atoms. The molecule has 2 heterocycles. The second-order valence-electron chi connectivity index (χ2n) is 4.92. The smallest absolute Gasteiger partial charge is 0.255 e. The van der Waals surface area contributed by atoms with E-state index in [4.69, 9.17) is 11.6 Å². The number of benzene rings is 1. The summed E-state index contributed by atoms with van der Waals surface area (Å²) in [7, 11) is 4.01. The molecule has 108 valence electrons. The molecule has 0 fully saturated rings. The first-order valence-corrected chi connectivity index (χ1v) is 6.84. The van der Waals surface area contributed by atoms with Gasteiger partial charge in [0.25, 0.3) is 5.78 Å². The quantitative estimate of drug-likeness (QED) is 0.754. The van der Waals surface area contributed by atoms with E-state index in [1.807, 2.05) is 44.1 Å². The van der Waals surface area contributed by atoms with Crippen LogP contribution in [0.15, 0.2) is 30.6 Å². The Morgan fingerprint density at radius 1 is 1.29 bits per heavy atom. The van der Waals surface area contributed by atoms with Crippen LogP contribution < -0.4 is 10.2 Å². The summed E-state index contributed by atoms with van der Waals surface area (Å²) in [6.07, 6.45) is 1.46. The first kappa shape index (κ1) is 13.6. The molecule has 7 heteroatoms. The van der Waals surface area contributed by atoms with Gasteiger partial charge >= 0.3 is 0 Å². The van der Waals surface area contributed by atoms with Gasteiger partial charge in [-0.2, -0.15) is 19.6 Å². The van der Waals surface area contributed by atoms with E-state index in [-0.39, 0.29) is 0 Å². The number of nitrogens with zero attached hydrogens (tertiary/aromatic N) is 5. The van der Waals surface area contributed by atoms with Gasteiger partial charge in [-0.15, -0.1) is 0 Å². The molecule has 1 N–H and O–H groups in total. The third-order valence-electron chi connectivity index (χ3n) is 3.23. The van der Waals surface area contributed by atoms with E-state index in [9.17, 15) is 0 Å². The number of halogens is 1. The van der Waals surface area contributed by atoms with E-state index in [2.05, 4.69) is 26.4 Å². The maximum atomic E-state index is 6.16. The SMILES string of the molecule is Cc1c(Cl)nc2ncnn2c1Nc1cccc(N(C)C)c1. The fraction of sp³-hybridized carbons (Fsp3) is 0.214. The lowest BCUT2D eigenvalue weighted by Gasteiger charge is -2.16. The van der Waals surface area contributed by atoms with Crippen LogP contribution in [-0.2, 0) is 0 Å². The van der Waals surface area contributed by atoms with Crippen molar-refractivity contribution in [2.24, 2.45) is 0 Å². The van der Waals surface area contributed by atoms with Crippen LogP contribution in [0.3, 0.4) is 0 Å². The van der Waals surface area contributed by atoms with Crippen molar-refractivity contribution in [3.63, 3.8) is 0 Å². The predicted octanol–water partition coefficient (Wildman–Crippen LogP) is 2.90. The molecule has 0 aliphatic carbocycles. The Morgan fingerprint density at radius 3 is 2.86 bits per heavy atom. The van der Waals surface area contributed by atoms with Crippen LogP contribution in [0, 0.1) is 6.92 Å². The van der Waals surface area contributed by atoms with Crippen molar-refractivity contribution in [1.29, 1.82) is 0 Å². The monoisotopic (exact) mass is 302 g/mol. The molecule has 3 rings (SSSR count). The lowest BCUT2D eigenvalue weighted by atomic mass is 10.2. The van der Waals surface area contributed by atoms with Crippen molar-refractivity contribution in [3.05, 3.63) is 41.3 Å². The Bertz CT molecular complexity index is 795. The number of fused-ring (bicyclic) bond motifs is 1. The fourth-order valence-corrected chi connectivity index (χ4v) is 2.21. The zero-order chi connectivity index (χ0) is 15.0. The van der Waals surface area contributed by atoms with E-state index in [1.54, 1.807) is 4.52 Å². The van der Waals surface area contributed by atoms with Crippen molar-refractivity contribution in [2.75, 3.05) is 24.3 Å². The average Bonchev–Trinajstić information content (AvgIpc) is 2.92. The Hall–Kier alpha value is -2.34. The highest BCUT2D eigenvalue weighted by Gasteiger charge is 2.12. The topological polar surface area (TPSA) is 58.4 Å². The number of hydrogen-bond donors (Lipinski definition) is 1. The summed E-state index contributed by atoms with van der Waals surface area (Å²) in [5.74, 6) is 1.23. The zero-order valence-electron chi connectivity index (χ0n) is 12.0. The molecule has 3 aromatic rings. The van der Waals surface area contributed by atoms with Crippen LogP contribution in [0.4, 0.5) is 17.2 Å². The summed E-state index contributed by atoms with van der Waals surface area (Å²) in [4.78, 5) is 10.3. The molecule has 0 atom stereocenters. The minimum absolute atomic E-state index is 0.418. The van der Waals surface area contributed by atoms with Gasteiger partial charge < -0.3 is 10.2 Å². The second kappa shape index (κ2) is 5.21. The van der Waals surface area contributed by atoms with Crippen LogP contribution in [0.5, 0.6) is 0 Å². The van der Waals surface area contributed by atoms with Gasteiger partial charge in [0.05, 0.1) is 0 Å². The third kappa shape index (κ3) is 2.50. The van der Waals surface area contributed by atoms with Crippen molar-refractivity contribution in [3.8, 4) is 0 Å². The normalized spacial score (nSPS) is 10.9. The van der Waals surface area contributed by atoms with Gasteiger partial charge in [-0.05, 0) is 25.1 Å². The van der Waals surface area contributed by atoms with Crippen molar-refractivity contribution in [1.82, 2.24) is 19.6 Å². The maximum Gasteiger partial charge on any atom is 0.255 e. The van der Waals surface area contributed by atoms with E-state index < -0.39 is 0 Å². The van der Waals surface area contributed by atoms with Crippen molar-refractivity contribution < 1.29 is 0 Å². The molecule has 0 aliphatic heterocycles. The van der Waals surface area contributed by atoms with Gasteiger partial charge in [0, 0.05) is 31.0 Å². The molecule has 0 saturated carbocycles. The summed E-state index contributed by atoms with van der Waals surface area (Å²) in [6, 6.07) is 8.08. The average molecular weight is 303 g/mol. The molecule has 2 aromatic heterocycles. The summed E-state index contributed by atoms with van der Waals surface area (Å²) in [5.41, 5.74) is 2.88. The molecule has 1 aromatic carbocycles. The molecule has 0 bridgehead atoms. The number of nitrogens with one attached hydrogen (secondary N) is 1. The largest absolute Gasteiger partial charge is 0.378 e. The van der Waals surface area contributed by atoms with Crippen LogP contribution >= 0.6 is 11.6 Å². The van der Waals surface area contributed by atoms with Gasteiger partial charge in [-0.3, -0.25) is 0 Å². The summed E-state index contributed by atoms with van der Waals surface area (Å²) in [6.45, 7) is 1.90. The molecular formula is C14H15ClN6. The molecule has 0 spiro atoms. The maximum absolute atomic E-state index is 6.16. The van der Waals surface area contributed by atoms with E-state index in [0.29, 0.717) is 10.9 Å². The lowest BCUT2D eigenvalue weighted by Crippen LogP contribution is -2.09. The summed E-state index contributed by atoms with van der Waals surface area (Å²) in [5, 5.41) is 7.95. The van der Waals surface area contributed by atoms with E-state index in [0.717, 1.165) is 22.8 Å². The van der Waals surface area contributed by atoms with Crippen LogP contribution in [0.2, 0.25) is 5.15 Å². The fourth-order valence-electron chi connectivity index (χ4n) is 2.04. The van der Waals surface area contributed by atoms with Gasteiger partial charge in [0.2, 0.25) is 0 Å².